The van der Waals surface area contributed by atoms with Gasteiger partial charge in [-0.1, -0.05) is 6.07 Å². The van der Waals surface area contributed by atoms with Crippen LogP contribution in [0.1, 0.15) is 35.8 Å². The number of hydrogen-bond acceptors (Lipinski definition) is 7. The lowest BCUT2D eigenvalue weighted by Gasteiger charge is -2.37. The second kappa shape index (κ2) is 7.19. The van der Waals surface area contributed by atoms with Gasteiger partial charge in [0.15, 0.2) is 21.3 Å². The quantitative estimate of drug-likeness (QED) is 0.729. The van der Waals surface area contributed by atoms with Gasteiger partial charge in [-0.3, -0.25) is 9.48 Å². The number of likely N-dealkylation sites (tertiary alicyclic amines) is 1. The van der Waals surface area contributed by atoms with Crippen molar-refractivity contribution >= 4 is 27.1 Å². The number of amides is 1. The molecule has 0 N–H and O–H groups in total. The lowest BCUT2D eigenvalue weighted by Crippen LogP contribution is -2.47. The van der Waals surface area contributed by atoms with Crippen LogP contribution in [-0.2, 0) is 19.3 Å². The fraction of sp³-hybridized carbons (Fsp3) is 0.579. The molecule has 0 radical (unpaired) electrons. The summed E-state index contributed by atoms with van der Waals surface area (Å²) in [5, 5.41) is 6.55. The van der Waals surface area contributed by atoms with Gasteiger partial charge in [-0.2, -0.15) is 5.10 Å². The van der Waals surface area contributed by atoms with E-state index in [4.69, 9.17) is 9.47 Å². The maximum atomic E-state index is 13.1. The van der Waals surface area contributed by atoms with E-state index >= 15 is 0 Å². The van der Waals surface area contributed by atoms with Crippen molar-refractivity contribution in [2.75, 3.05) is 37.8 Å². The van der Waals surface area contributed by atoms with E-state index in [1.165, 1.54) is 0 Å². The molecule has 0 unspecified atom stereocenters. The Morgan fingerprint density at radius 1 is 1.24 bits per heavy atom. The van der Waals surface area contributed by atoms with Gasteiger partial charge in [0.2, 0.25) is 0 Å². The Bertz CT molecular complexity index is 999. The third-order valence-corrected chi connectivity index (χ3v) is 8.55. The Morgan fingerprint density at radius 3 is 2.62 bits per heavy atom. The smallest absolute Gasteiger partial charge is 0.274 e. The highest BCUT2D eigenvalue weighted by Gasteiger charge is 2.41. The molecule has 156 valence electrons. The van der Waals surface area contributed by atoms with Gasteiger partial charge >= 0.3 is 0 Å². The Hall–Kier alpha value is -1.75. The average molecular weight is 438 g/mol. The minimum absolute atomic E-state index is 0.0710. The minimum Gasteiger partial charge on any atom is -0.347 e. The van der Waals surface area contributed by atoms with Crippen LogP contribution in [0.3, 0.4) is 0 Å². The molecule has 10 heteroatoms. The van der Waals surface area contributed by atoms with Gasteiger partial charge in [-0.05, 0) is 23.9 Å². The lowest BCUT2D eigenvalue weighted by molar-refractivity contribution is -0.181. The summed E-state index contributed by atoms with van der Waals surface area (Å²) in [5.41, 5.74) is 1.17. The van der Waals surface area contributed by atoms with Gasteiger partial charge in [0, 0.05) is 25.9 Å². The number of aromatic nitrogens is 2. The highest BCUT2D eigenvalue weighted by molar-refractivity contribution is 7.91. The predicted molar refractivity (Wildman–Crippen MR) is 108 cm³/mol. The third kappa shape index (κ3) is 3.63. The number of carbonyl (C=O) groups excluding carboxylic acids is 1. The number of rotatable bonds is 3. The number of sulfone groups is 1. The predicted octanol–water partition coefficient (Wildman–Crippen LogP) is 1.95. The summed E-state index contributed by atoms with van der Waals surface area (Å²) in [6.45, 7) is 2.31. The van der Waals surface area contributed by atoms with Gasteiger partial charge in [-0.25, -0.2) is 8.42 Å². The highest BCUT2D eigenvalue weighted by Crippen LogP contribution is 2.34. The van der Waals surface area contributed by atoms with Crippen molar-refractivity contribution < 1.29 is 22.7 Å². The first kappa shape index (κ1) is 19.2. The Kier molecular flexibility index (Phi) is 4.77. The number of ether oxygens (including phenoxy) is 2. The summed E-state index contributed by atoms with van der Waals surface area (Å²) in [6.07, 6.45) is 1.83. The molecule has 0 bridgehead atoms. The molecule has 29 heavy (non-hydrogen) atoms. The van der Waals surface area contributed by atoms with Crippen LogP contribution in [0.5, 0.6) is 0 Å². The van der Waals surface area contributed by atoms with E-state index in [9.17, 15) is 13.2 Å². The van der Waals surface area contributed by atoms with Crippen LogP contribution in [0.25, 0.3) is 10.6 Å². The molecule has 5 heterocycles. The third-order valence-electron chi connectivity index (χ3n) is 5.91. The van der Waals surface area contributed by atoms with Crippen LogP contribution < -0.4 is 0 Å². The number of hydrogen-bond donors (Lipinski definition) is 0. The van der Waals surface area contributed by atoms with E-state index in [1.807, 2.05) is 17.5 Å². The molecule has 2 aromatic heterocycles. The van der Waals surface area contributed by atoms with Gasteiger partial charge < -0.3 is 14.4 Å². The summed E-state index contributed by atoms with van der Waals surface area (Å²) >= 11 is 1.55. The standard InChI is InChI=1S/C19H23N3O5S2/c23-18(21-6-4-19(5-7-21)26-8-9-27-19)15-12-16(17-2-1-10-28-17)22(20-15)14-3-11-29(24,25)13-14/h1-2,10,12,14H,3-9,11,13H2/t14-/m1/s1. The molecule has 3 aliphatic rings. The van der Waals surface area contributed by atoms with Gasteiger partial charge in [0.1, 0.15) is 0 Å². The van der Waals surface area contributed by atoms with Gasteiger partial charge in [0.05, 0.1) is 41.3 Å². The molecule has 5 rings (SSSR count). The Labute approximate surface area is 173 Å². The zero-order valence-electron chi connectivity index (χ0n) is 16.0. The molecule has 1 amide bonds. The fourth-order valence-corrected chi connectivity index (χ4v) is 6.78. The van der Waals surface area contributed by atoms with Crippen molar-refractivity contribution in [1.29, 1.82) is 0 Å². The van der Waals surface area contributed by atoms with E-state index in [0.717, 1.165) is 10.6 Å². The van der Waals surface area contributed by atoms with E-state index in [0.29, 0.717) is 51.3 Å². The van der Waals surface area contributed by atoms with Crippen molar-refractivity contribution in [3.8, 4) is 10.6 Å². The molecule has 3 saturated heterocycles. The molecule has 0 aromatic carbocycles. The Morgan fingerprint density at radius 2 is 2.00 bits per heavy atom. The maximum Gasteiger partial charge on any atom is 0.274 e. The van der Waals surface area contributed by atoms with Crippen molar-refractivity contribution in [1.82, 2.24) is 14.7 Å². The van der Waals surface area contributed by atoms with Crippen molar-refractivity contribution in [3.05, 3.63) is 29.3 Å². The second-order valence-corrected chi connectivity index (χ2v) is 11.0. The molecule has 8 nitrogen and oxygen atoms in total. The SMILES string of the molecule is O=C(c1cc(-c2cccs2)n([C@@H]2CCS(=O)(=O)C2)n1)N1CCC2(CC1)OCCO2. The normalized spacial score (nSPS) is 25.7. The first-order valence-electron chi connectivity index (χ1n) is 9.86. The van der Waals surface area contributed by atoms with Crippen LogP contribution in [0.4, 0.5) is 0 Å². The molecule has 2 aromatic rings. The molecular formula is C19H23N3O5S2. The molecule has 0 aliphatic carbocycles. The molecule has 3 aliphatic heterocycles. The largest absolute Gasteiger partial charge is 0.347 e. The number of piperidine rings is 1. The van der Waals surface area contributed by atoms with Gasteiger partial charge in [-0.15, -0.1) is 11.3 Å². The van der Waals surface area contributed by atoms with Gasteiger partial charge in [0.25, 0.3) is 5.91 Å². The van der Waals surface area contributed by atoms with E-state index in [-0.39, 0.29) is 23.5 Å². The van der Waals surface area contributed by atoms with Crippen molar-refractivity contribution in [2.24, 2.45) is 0 Å². The summed E-state index contributed by atoms with van der Waals surface area (Å²) in [4.78, 5) is 15.9. The maximum absolute atomic E-state index is 13.1. The molecular weight excluding hydrogens is 414 g/mol. The van der Waals surface area contributed by atoms with Crippen LogP contribution in [0.15, 0.2) is 23.6 Å². The van der Waals surface area contributed by atoms with Crippen LogP contribution in [-0.4, -0.2) is 72.6 Å². The first-order valence-corrected chi connectivity index (χ1v) is 12.6. The number of thiophene rings is 1. The van der Waals surface area contributed by atoms with Crippen molar-refractivity contribution in [2.45, 2.75) is 31.1 Å². The lowest BCUT2D eigenvalue weighted by atomic mass is 10.0. The highest BCUT2D eigenvalue weighted by atomic mass is 32.2. The van der Waals surface area contributed by atoms with Crippen molar-refractivity contribution in [3.63, 3.8) is 0 Å². The molecule has 1 spiro atoms. The van der Waals surface area contributed by atoms with E-state index in [1.54, 1.807) is 27.0 Å². The molecule has 1 atom stereocenters. The number of carbonyl (C=O) groups is 1. The fourth-order valence-electron chi connectivity index (χ4n) is 4.35. The summed E-state index contributed by atoms with van der Waals surface area (Å²) in [5.74, 6) is -0.424. The minimum atomic E-state index is -3.05. The summed E-state index contributed by atoms with van der Waals surface area (Å²) in [7, 11) is -3.05. The average Bonchev–Trinajstić information content (AvgIpc) is 3.48. The molecule has 3 fully saturated rings. The van der Waals surface area contributed by atoms with E-state index < -0.39 is 15.6 Å². The monoisotopic (exact) mass is 437 g/mol. The zero-order valence-corrected chi connectivity index (χ0v) is 17.6. The summed E-state index contributed by atoms with van der Waals surface area (Å²) < 4.78 is 37.2. The first-order chi connectivity index (χ1) is 13.9. The summed E-state index contributed by atoms with van der Waals surface area (Å²) in [6, 6.07) is 5.47. The Balaban J connectivity index is 1.40. The number of nitrogens with zero attached hydrogens (tertiary/aromatic N) is 3. The van der Waals surface area contributed by atoms with Crippen LogP contribution in [0.2, 0.25) is 0 Å². The van der Waals surface area contributed by atoms with Crippen LogP contribution in [0, 0.1) is 0 Å². The topological polar surface area (TPSA) is 90.7 Å². The van der Waals surface area contributed by atoms with E-state index in [2.05, 4.69) is 5.10 Å². The zero-order chi connectivity index (χ0) is 20.1. The molecule has 0 saturated carbocycles. The second-order valence-electron chi connectivity index (χ2n) is 7.79. The van der Waals surface area contributed by atoms with Crippen LogP contribution >= 0.6 is 11.3 Å².